The molecule has 0 aliphatic carbocycles. The van der Waals surface area contributed by atoms with Crippen LogP contribution in [0.15, 0.2) is 47.6 Å². The van der Waals surface area contributed by atoms with E-state index in [-0.39, 0.29) is 17.9 Å². The monoisotopic (exact) mass is 496 g/mol. The predicted molar refractivity (Wildman–Crippen MR) is 128 cm³/mol. The second-order valence-electron chi connectivity index (χ2n) is 7.32. The summed E-state index contributed by atoms with van der Waals surface area (Å²) in [7, 11) is 0. The van der Waals surface area contributed by atoms with E-state index in [1.165, 1.54) is 0 Å². The van der Waals surface area contributed by atoms with Gasteiger partial charge in [-0.2, -0.15) is 0 Å². The standard InChI is InChI=1S/C22H23Cl3N4OS/c1-4-29-20(27-28-22(29)31-12-14-5-7-15(23)8-6-14)19(13(2)3)26-21(30)17-10-9-16(24)11-18(17)25/h5-11,13,19H,4,12H2,1-3H3,(H,26,30). The van der Waals surface area contributed by atoms with Gasteiger partial charge in [0.15, 0.2) is 11.0 Å². The van der Waals surface area contributed by atoms with Crippen LogP contribution in [-0.4, -0.2) is 20.7 Å². The minimum atomic E-state index is -0.323. The van der Waals surface area contributed by atoms with Gasteiger partial charge in [-0.25, -0.2) is 0 Å². The Hall–Kier alpha value is -1.73. The van der Waals surface area contributed by atoms with Crippen molar-refractivity contribution in [2.75, 3.05) is 0 Å². The van der Waals surface area contributed by atoms with Crippen LogP contribution in [-0.2, 0) is 12.3 Å². The third-order valence-corrected chi connectivity index (χ3v) is 6.59. The molecule has 0 aliphatic heterocycles. The molecule has 3 aromatic rings. The highest BCUT2D eigenvalue weighted by Crippen LogP contribution is 2.28. The van der Waals surface area contributed by atoms with Crippen molar-refractivity contribution in [3.63, 3.8) is 0 Å². The first-order chi connectivity index (χ1) is 14.8. The number of halogens is 3. The molecular weight excluding hydrogens is 475 g/mol. The summed E-state index contributed by atoms with van der Waals surface area (Å²) >= 11 is 19.7. The summed E-state index contributed by atoms with van der Waals surface area (Å²) in [6.45, 7) is 6.79. The molecule has 1 amide bonds. The highest BCUT2D eigenvalue weighted by molar-refractivity contribution is 7.98. The Kier molecular flexibility index (Phi) is 8.28. The van der Waals surface area contributed by atoms with Crippen molar-refractivity contribution in [3.8, 4) is 0 Å². The Morgan fingerprint density at radius 2 is 1.74 bits per heavy atom. The molecule has 5 nitrogen and oxygen atoms in total. The summed E-state index contributed by atoms with van der Waals surface area (Å²) in [5.74, 6) is 1.28. The number of carbonyl (C=O) groups excluding carboxylic acids is 1. The minimum Gasteiger partial charge on any atom is -0.342 e. The first-order valence-electron chi connectivity index (χ1n) is 9.86. The van der Waals surface area contributed by atoms with Crippen molar-refractivity contribution in [1.82, 2.24) is 20.1 Å². The van der Waals surface area contributed by atoms with Gasteiger partial charge in [0.1, 0.15) is 0 Å². The van der Waals surface area contributed by atoms with Gasteiger partial charge in [-0.15, -0.1) is 10.2 Å². The third kappa shape index (κ3) is 5.95. The van der Waals surface area contributed by atoms with Gasteiger partial charge in [0.25, 0.3) is 5.91 Å². The number of nitrogens with one attached hydrogen (secondary N) is 1. The van der Waals surface area contributed by atoms with Gasteiger partial charge in [0, 0.05) is 22.3 Å². The van der Waals surface area contributed by atoms with E-state index < -0.39 is 0 Å². The zero-order valence-corrected chi connectivity index (χ0v) is 20.5. The van der Waals surface area contributed by atoms with E-state index in [4.69, 9.17) is 34.8 Å². The molecule has 1 aromatic heterocycles. The predicted octanol–water partition coefficient (Wildman–Crippen LogP) is 6.68. The summed E-state index contributed by atoms with van der Waals surface area (Å²) in [5.41, 5.74) is 1.52. The first kappa shape index (κ1) is 23.9. The van der Waals surface area contributed by atoms with Gasteiger partial charge in [0.05, 0.1) is 16.6 Å². The molecule has 164 valence electrons. The van der Waals surface area contributed by atoms with Crippen molar-refractivity contribution in [2.24, 2.45) is 5.92 Å². The number of rotatable bonds is 8. The van der Waals surface area contributed by atoms with E-state index in [9.17, 15) is 4.79 Å². The lowest BCUT2D eigenvalue weighted by Gasteiger charge is -2.23. The van der Waals surface area contributed by atoms with Crippen molar-refractivity contribution in [3.05, 3.63) is 74.5 Å². The molecule has 2 aromatic carbocycles. The summed E-state index contributed by atoms with van der Waals surface area (Å²) < 4.78 is 2.04. The highest BCUT2D eigenvalue weighted by atomic mass is 35.5. The maximum Gasteiger partial charge on any atom is 0.253 e. The Bertz CT molecular complexity index is 1050. The van der Waals surface area contributed by atoms with Crippen LogP contribution < -0.4 is 5.32 Å². The van der Waals surface area contributed by atoms with Crippen LogP contribution in [0.1, 0.15) is 48.6 Å². The Labute approximate surface area is 201 Å². The van der Waals surface area contributed by atoms with Crippen LogP contribution in [0.25, 0.3) is 0 Å². The van der Waals surface area contributed by atoms with Gasteiger partial charge in [0.2, 0.25) is 0 Å². The molecule has 0 radical (unpaired) electrons. The van der Waals surface area contributed by atoms with Crippen LogP contribution >= 0.6 is 46.6 Å². The molecule has 1 heterocycles. The Morgan fingerprint density at radius 3 is 2.35 bits per heavy atom. The highest BCUT2D eigenvalue weighted by Gasteiger charge is 2.26. The number of nitrogens with zero attached hydrogens (tertiary/aromatic N) is 3. The second kappa shape index (κ2) is 10.7. The Balaban J connectivity index is 1.80. The lowest BCUT2D eigenvalue weighted by molar-refractivity contribution is 0.0922. The zero-order chi connectivity index (χ0) is 22.5. The van der Waals surface area contributed by atoms with Crippen LogP contribution in [0, 0.1) is 5.92 Å². The lowest BCUT2D eigenvalue weighted by atomic mass is 10.0. The molecular formula is C22H23Cl3N4OS. The fourth-order valence-corrected chi connectivity index (χ4v) is 4.67. The summed E-state index contributed by atoms with van der Waals surface area (Å²) in [5, 5.41) is 14.2. The van der Waals surface area contributed by atoms with Crippen molar-refractivity contribution in [1.29, 1.82) is 0 Å². The topological polar surface area (TPSA) is 59.8 Å². The smallest absolute Gasteiger partial charge is 0.253 e. The van der Waals surface area contributed by atoms with E-state index >= 15 is 0 Å². The van der Waals surface area contributed by atoms with Crippen LogP contribution in [0.2, 0.25) is 15.1 Å². The molecule has 9 heteroatoms. The molecule has 0 fully saturated rings. The number of hydrogen-bond acceptors (Lipinski definition) is 4. The van der Waals surface area contributed by atoms with E-state index in [2.05, 4.69) is 15.5 Å². The van der Waals surface area contributed by atoms with Gasteiger partial charge < -0.3 is 9.88 Å². The number of amides is 1. The molecule has 0 bridgehead atoms. The summed E-state index contributed by atoms with van der Waals surface area (Å²) in [6, 6.07) is 12.2. The lowest BCUT2D eigenvalue weighted by Crippen LogP contribution is -2.34. The molecule has 0 saturated heterocycles. The minimum absolute atomic E-state index is 0.0960. The van der Waals surface area contributed by atoms with E-state index in [1.807, 2.05) is 49.6 Å². The second-order valence-corrected chi connectivity index (χ2v) is 9.54. The van der Waals surface area contributed by atoms with Gasteiger partial charge in [-0.1, -0.05) is 72.5 Å². The van der Waals surface area contributed by atoms with Crippen molar-refractivity contribution >= 4 is 52.5 Å². The Morgan fingerprint density at radius 1 is 1.06 bits per heavy atom. The van der Waals surface area contributed by atoms with Gasteiger partial charge in [-0.3, -0.25) is 4.79 Å². The SMILES string of the molecule is CCn1c(SCc2ccc(Cl)cc2)nnc1C(NC(=O)c1ccc(Cl)cc1Cl)C(C)C. The van der Waals surface area contributed by atoms with E-state index in [0.29, 0.717) is 27.2 Å². The zero-order valence-electron chi connectivity index (χ0n) is 17.4. The van der Waals surface area contributed by atoms with Gasteiger partial charge in [-0.05, 0) is 48.7 Å². The van der Waals surface area contributed by atoms with Crippen LogP contribution in [0.3, 0.4) is 0 Å². The first-order valence-corrected chi connectivity index (χ1v) is 12.0. The quantitative estimate of drug-likeness (QED) is 0.353. The van der Waals surface area contributed by atoms with Crippen molar-refractivity contribution in [2.45, 2.75) is 44.3 Å². The third-order valence-electron chi connectivity index (χ3n) is 4.75. The average Bonchev–Trinajstić information content (AvgIpc) is 3.13. The molecule has 1 atom stereocenters. The summed E-state index contributed by atoms with van der Waals surface area (Å²) in [4.78, 5) is 12.9. The van der Waals surface area contributed by atoms with Crippen molar-refractivity contribution < 1.29 is 4.79 Å². The number of aromatic nitrogens is 3. The molecule has 1 unspecified atom stereocenters. The molecule has 0 aliphatic rings. The number of thioether (sulfide) groups is 1. The maximum absolute atomic E-state index is 12.9. The normalized spacial score (nSPS) is 12.2. The molecule has 0 spiro atoms. The van der Waals surface area contributed by atoms with E-state index in [1.54, 1.807) is 30.0 Å². The van der Waals surface area contributed by atoms with Crippen LogP contribution in [0.4, 0.5) is 0 Å². The number of benzene rings is 2. The van der Waals surface area contributed by atoms with Crippen LogP contribution in [0.5, 0.6) is 0 Å². The molecule has 3 rings (SSSR count). The fraction of sp³-hybridized carbons (Fsp3) is 0.318. The van der Waals surface area contributed by atoms with E-state index in [0.717, 1.165) is 22.3 Å². The summed E-state index contributed by atoms with van der Waals surface area (Å²) in [6.07, 6.45) is 0. The number of hydrogen-bond donors (Lipinski definition) is 1. The number of carbonyl (C=O) groups is 1. The largest absolute Gasteiger partial charge is 0.342 e. The molecule has 0 saturated carbocycles. The maximum atomic E-state index is 12.9. The molecule has 31 heavy (non-hydrogen) atoms. The molecule has 1 N–H and O–H groups in total. The fourth-order valence-electron chi connectivity index (χ4n) is 3.08. The van der Waals surface area contributed by atoms with Gasteiger partial charge >= 0.3 is 0 Å². The average molecular weight is 498 g/mol.